The molecular formula is C35H39O12-3. The third kappa shape index (κ3) is 5.72. The van der Waals surface area contributed by atoms with Crippen molar-refractivity contribution in [1.29, 1.82) is 0 Å². The average molecular weight is 652 g/mol. The molecule has 3 aliphatic rings. The minimum absolute atomic E-state index is 0.130. The molecule has 0 unspecified atom stereocenters. The van der Waals surface area contributed by atoms with Crippen LogP contribution >= 0.6 is 0 Å². The fourth-order valence-electron chi connectivity index (χ4n) is 9.09. The standard InChI is InChI=1S/C35H42O12/c1-19-22(36)15-24-31(3,4)29(19)34(45,17-26(39)40)35(46,18-27(41)42)32(5)14-13-23(20(2)30(32)33(24,44)16-25(37)38)47-28(43)12-11-21-9-7-6-8-10-21/h6-12,23-24,30,44-46H,2,13-18H2,1,3-5H3,(H,37,38)(H,39,40)(H,41,42)/p-3/b12-11+/t23-,24+,30+,32+,33-,34+,35+/m0/s1. The van der Waals surface area contributed by atoms with Gasteiger partial charge in [-0.2, -0.15) is 0 Å². The van der Waals surface area contributed by atoms with Crippen LogP contribution < -0.4 is 15.3 Å². The van der Waals surface area contributed by atoms with Gasteiger partial charge in [-0.3, -0.25) is 4.79 Å². The molecule has 3 aliphatic carbocycles. The first kappa shape index (κ1) is 35.7. The number of benzene rings is 1. The number of carbonyl (C=O) groups is 5. The van der Waals surface area contributed by atoms with Gasteiger partial charge in [0.05, 0.1) is 5.60 Å². The third-order valence-electron chi connectivity index (χ3n) is 10.9. The van der Waals surface area contributed by atoms with Crippen LogP contribution in [-0.2, 0) is 28.7 Å². The number of hydrogen-bond acceptors (Lipinski definition) is 12. The van der Waals surface area contributed by atoms with E-state index in [9.17, 15) is 54.6 Å². The number of carboxylic acid groups (broad SMARTS) is 3. The van der Waals surface area contributed by atoms with Crippen LogP contribution in [0.1, 0.15) is 71.8 Å². The van der Waals surface area contributed by atoms with Gasteiger partial charge in [-0.25, -0.2) is 4.79 Å². The summed E-state index contributed by atoms with van der Waals surface area (Å²) >= 11 is 0. The van der Waals surface area contributed by atoms with Crippen LogP contribution in [0.25, 0.3) is 6.08 Å². The molecule has 0 aliphatic heterocycles. The van der Waals surface area contributed by atoms with Crippen molar-refractivity contribution in [2.45, 2.75) is 89.1 Å². The lowest BCUT2D eigenvalue weighted by Gasteiger charge is -2.69. The second-order valence-electron chi connectivity index (χ2n) is 13.9. The van der Waals surface area contributed by atoms with Gasteiger partial charge < -0.3 is 49.8 Å². The second kappa shape index (κ2) is 12.1. The zero-order valence-electron chi connectivity index (χ0n) is 26.7. The number of hydrogen-bond donors (Lipinski definition) is 3. The zero-order chi connectivity index (χ0) is 35.3. The lowest BCUT2D eigenvalue weighted by Crippen LogP contribution is -2.77. The Hall–Kier alpha value is -4.13. The topological polar surface area (TPSA) is 224 Å². The summed E-state index contributed by atoms with van der Waals surface area (Å²) in [5, 5.41) is 75.1. The van der Waals surface area contributed by atoms with E-state index in [1.165, 1.54) is 33.8 Å². The van der Waals surface area contributed by atoms with Crippen LogP contribution in [0.15, 0.2) is 59.7 Å². The molecule has 3 N–H and O–H groups in total. The van der Waals surface area contributed by atoms with Crippen molar-refractivity contribution in [3.8, 4) is 0 Å². The fraction of sp³-hybridized carbons (Fsp3) is 0.514. The van der Waals surface area contributed by atoms with Gasteiger partial charge in [0.1, 0.15) is 17.3 Å². The molecule has 0 saturated heterocycles. The number of aliphatic carboxylic acids is 3. The minimum Gasteiger partial charge on any atom is -0.550 e. The molecule has 0 aromatic heterocycles. The molecule has 0 amide bonds. The highest BCUT2D eigenvalue weighted by Gasteiger charge is 2.74. The second-order valence-corrected chi connectivity index (χ2v) is 13.9. The number of rotatable bonds is 9. The number of aliphatic hydroxyl groups is 3. The third-order valence-corrected chi connectivity index (χ3v) is 10.9. The van der Waals surface area contributed by atoms with Gasteiger partial charge in [0.25, 0.3) is 0 Å². The van der Waals surface area contributed by atoms with Crippen molar-refractivity contribution in [2.75, 3.05) is 0 Å². The largest absolute Gasteiger partial charge is 0.550 e. The summed E-state index contributed by atoms with van der Waals surface area (Å²) in [5.74, 6) is -10.1. The summed E-state index contributed by atoms with van der Waals surface area (Å²) in [7, 11) is 0. The number of ketones is 1. The van der Waals surface area contributed by atoms with Gasteiger partial charge >= 0.3 is 5.97 Å². The van der Waals surface area contributed by atoms with E-state index < -0.39 is 101 Å². The van der Waals surface area contributed by atoms with Crippen molar-refractivity contribution in [3.05, 3.63) is 65.3 Å². The van der Waals surface area contributed by atoms with Crippen LogP contribution in [0.2, 0.25) is 0 Å². The van der Waals surface area contributed by atoms with E-state index in [-0.39, 0.29) is 29.6 Å². The van der Waals surface area contributed by atoms with Crippen molar-refractivity contribution in [2.24, 2.45) is 22.7 Å². The lowest BCUT2D eigenvalue weighted by molar-refractivity contribution is -0.335. The van der Waals surface area contributed by atoms with Crippen molar-refractivity contribution >= 4 is 35.7 Å². The number of Topliss-reactive ketones (excluding diaryl/α,β-unsaturated/α-hetero) is 1. The highest BCUT2D eigenvalue weighted by molar-refractivity contribution is 5.98. The number of carboxylic acids is 3. The number of esters is 1. The van der Waals surface area contributed by atoms with E-state index in [1.54, 1.807) is 30.3 Å². The Bertz CT molecular complexity index is 1570. The van der Waals surface area contributed by atoms with E-state index in [1.807, 2.05) is 0 Å². The Morgan fingerprint density at radius 1 is 0.957 bits per heavy atom. The van der Waals surface area contributed by atoms with Crippen LogP contribution in [0, 0.1) is 22.7 Å². The molecule has 12 heteroatoms. The van der Waals surface area contributed by atoms with E-state index in [4.69, 9.17) is 4.74 Å². The molecule has 12 nitrogen and oxygen atoms in total. The smallest absolute Gasteiger partial charge is 0.331 e. The van der Waals surface area contributed by atoms with Gasteiger partial charge in [-0.1, -0.05) is 57.7 Å². The molecular weight excluding hydrogens is 612 g/mol. The summed E-state index contributed by atoms with van der Waals surface area (Å²) in [6.07, 6.45) is -3.41. The Labute approximate surface area is 272 Å². The Morgan fingerprint density at radius 3 is 2.09 bits per heavy atom. The zero-order valence-corrected chi connectivity index (χ0v) is 26.7. The SMILES string of the molecule is C=C1[C@@H](OC(=O)/C=C/c2ccccc2)CC[C@]2(C)[C@@H]1[C@](O)(CC(=O)[O-])[C@@H]1CC(=O)C(C)=C(C1(C)C)[C@](O)(CC(=O)[O-])[C@@]2(O)CC(=O)[O-]. The van der Waals surface area contributed by atoms with Crippen molar-refractivity contribution in [3.63, 3.8) is 0 Å². The van der Waals surface area contributed by atoms with Crippen LogP contribution in [-0.4, -0.2) is 67.9 Å². The van der Waals surface area contributed by atoms with Crippen molar-refractivity contribution in [1.82, 2.24) is 0 Å². The van der Waals surface area contributed by atoms with Gasteiger partial charge in [0.15, 0.2) is 5.78 Å². The van der Waals surface area contributed by atoms with Crippen LogP contribution in [0.4, 0.5) is 0 Å². The van der Waals surface area contributed by atoms with E-state index in [0.717, 1.165) is 6.08 Å². The molecule has 2 saturated carbocycles. The van der Waals surface area contributed by atoms with Crippen molar-refractivity contribution < 1.29 is 59.3 Å². The predicted molar refractivity (Wildman–Crippen MR) is 159 cm³/mol. The van der Waals surface area contributed by atoms with Gasteiger partial charge in [0.2, 0.25) is 0 Å². The molecule has 47 heavy (non-hydrogen) atoms. The number of allylic oxidation sites excluding steroid dienone is 1. The highest BCUT2D eigenvalue weighted by Crippen LogP contribution is 2.69. The molecule has 1 aromatic carbocycles. The predicted octanol–water partition coefficient (Wildman–Crippen LogP) is -0.857. The summed E-state index contributed by atoms with van der Waals surface area (Å²) in [6, 6.07) is 8.80. The summed E-state index contributed by atoms with van der Waals surface area (Å²) in [4.78, 5) is 63.5. The van der Waals surface area contributed by atoms with E-state index >= 15 is 0 Å². The molecule has 7 atom stereocenters. The first-order valence-electron chi connectivity index (χ1n) is 15.3. The first-order valence-corrected chi connectivity index (χ1v) is 15.3. The van der Waals surface area contributed by atoms with E-state index in [2.05, 4.69) is 6.58 Å². The maximum Gasteiger partial charge on any atom is 0.331 e. The molecule has 4 rings (SSSR count). The Kier molecular flexibility index (Phi) is 9.23. The quantitative estimate of drug-likeness (QED) is 0.169. The number of carbonyl (C=O) groups excluding carboxylic acids is 5. The van der Waals surface area contributed by atoms with Gasteiger partial charge in [0, 0.05) is 66.9 Å². The maximum absolute atomic E-state index is 13.5. The molecule has 254 valence electrons. The monoisotopic (exact) mass is 651 g/mol. The number of fused-ring (bicyclic) bond motifs is 3. The lowest BCUT2D eigenvalue weighted by atomic mass is 9.39. The summed E-state index contributed by atoms with van der Waals surface area (Å²) < 4.78 is 5.70. The first-order chi connectivity index (χ1) is 21.7. The number of ether oxygens (including phenoxy) is 1. The molecule has 0 radical (unpaired) electrons. The molecule has 1 aromatic rings. The Balaban J connectivity index is 2.01. The summed E-state index contributed by atoms with van der Waals surface area (Å²) in [6.45, 7) is 9.49. The van der Waals surface area contributed by atoms with E-state index in [0.29, 0.717) is 5.56 Å². The molecule has 2 bridgehead atoms. The summed E-state index contributed by atoms with van der Waals surface area (Å²) in [5.41, 5.74) is -12.3. The van der Waals surface area contributed by atoms with Gasteiger partial charge in [-0.15, -0.1) is 0 Å². The minimum atomic E-state index is -3.05. The fourth-order valence-corrected chi connectivity index (χ4v) is 9.09. The highest BCUT2D eigenvalue weighted by atomic mass is 16.5. The Morgan fingerprint density at radius 2 is 1.53 bits per heavy atom. The molecule has 0 spiro atoms. The van der Waals surface area contributed by atoms with Crippen LogP contribution in [0.3, 0.4) is 0 Å². The maximum atomic E-state index is 13.5. The van der Waals surface area contributed by atoms with Crippen LogP contribution in [0.5, 0.6) is 0 Å². The van der Waals surface area contributed by atoms with Gasteiger partial charge in [-0.05, 0) is 53.5 Å². The average Bonchev–Trinajstić information content (AvgIpc) is 2.94. The molecule has 0 heterocycles. The normalized spacial score (nSPS) is 35.1. The molecule has 2 fully saturated rings.